The van der Waals surface area contributed by atoms with Crippen molar-refractivity contribution in [1.29, 1.82) is 0 Å². The van der Waals surface area contributed by atoms with E-state index in [1.165, 1.54) is 6.07 Å². The molecule has 0 spiro atoms. The molecule has 5 heteroatoms. The van der Waals surface area contributed by atoms with Crippen molar-refractivity contribution >= 4 is 11.6 Å². The Bertz CT molecular complexity index is 507. The Balaban J connectivity index is 1.92. The number of anilines is 2. The summed E-state index contributed by atoms with van der Waals surface area (Å²) in [5.74, 6) is 1.71. The SMILES string of the molecule is Cc1nc(NCCc2ccccc2F)c(N)[nH]1. The van der Waals surface area contributed by atoms with Crippen LogP contribution in [0.25, 0.3) is 0 Å². The zero-order chi connectivity index (χ0) is 12.3. The van der Waals surface area contributed by atoms with Crippen LogP contribution >= 0.6 is 0 Å². The van der Waals surface area contributed by atoms with Gasteiger partial charge in [0.15, 0.2) is 5.82 Å². The molecule has 0 unspecified atom stereocenters. The third-order valence-corrected chi connectivity index (χ3v) is 2.49. The van der Waals surface area contributed by atoms with Crippen molar-refractivity contribution in [3.8, 4) is 0 Å². The summed E-state index contributed by atoms with van der Waals surface area (Å²) in [6.45, 7) is 2.42. The summed E-state index contributed by atoms with van der Waals surface area (Å²) in [5, 5.41) is 3.08. The maximum Gasteiger partial charge on any atom is 0.168 e. The monoisotopic (exact) mass is 234 g/mol. The van der Waals surface area contributed by atoms with Crippen LogP contribution in [0.15, 0.2) is 24.3 Å². The Morgan fingerprint density at radius 1 is 1.41 bits per heavy atom. The van der Waals surface area contributed by atoms with Crippen LogP contribution in [0.4, 0.5) is 16.0 Å². The number of nitrogens with one attached hydrogen (secondary N) is 2. The molecule has 0 aliphatic carbocycles. The largest absolute Gasteiger partial charge is 0.382 e. The van der Waals surface area contributed by atoms with Crippen LogP contribution in [0.5, 0.6) is 0 Å². The highest BCUT2D eigenvalue weighted by Crippen LogP contribution is 2.14. The smallest absolute Gasteiger partial charge is 0.168 e. The molecule has 0 atom stereocenters. The van der Waals surface area contributed by atoms with E-state index in [1.54, 1.807) is 12.1 Å². The zero-order valence-electron chi connectivity index (χ0n) is 9.63. The molecule has 17 heavy (non-hydrogen) atoms. The van der Waals surface area contributed by atoms with Gasteiger partial charge in [-0.15, -0.1) is 0 Å². The second-order valence-electron chi connectivity index (χ2n) is 3.85. The van der Waals surface area contributed by atoms with Crippen LogP contribution in [0.3, 0.4) is 0 Å². The molecule has 2 rings (SSSR count). The fourth-order valence-electron chi connectivity index (χ4n) is 1.66. The minimum Gasteiger partial charge on any atom is -0.382 e. The number of nitrogen functional groups attached to an aromatic ring is 1. The third kappa shape index (κ3) is 2.75. The van der Waals surface area contributed by atoms with Gasteiger partial charge in [-0.25, -0.2) is 9.37 Å². The van der Waals surface area contributed by atoms with Crippen molar-refractivity contribution in [2.45, 2.75) is 13.3 Å². The number of hydrogen-bond acceptors (Lipinski definition) is 3. The van der Waals surface area contributed by atoms with Gasteiger partial charge < -0.3 is 16.0 Å². The lowest BCUT2D eigenvalue weighted by atomic mass is 10.1. The highest BCUT2D eigenvalue weighted by atomic mass is 19.1. The zero-order valence-corrected chi connectivity index (χ0v) is 9.63. The summed E-state index contributed by atoms with van der Waals surface area (Å²) >= 11 is 0. The molecule has 0 bridgehead atoms. The number of nitrogens with two attached hydrogens (primary N) is 1. The summed E-state index contributed by atoms with van der Waals surface area (Å²) in [6.07, 6.45) is 0.595. The fraction of sp³-hybridized carbons (Fsp3) is 0.250. The lowest BCUT2D eigenvalue weighted by Crippen LogP contribution is -2.07. The van der Waals surface area contributed by atoms with Crippen LogP contribution < -0.4 is 11.1 Å². The third-order valence-electron chi connectivity index (χ3n) is 2.49. The second-order valence-corrected chi connectivity index (χ2v) is 3.85. The van der Waals surface area contributed by atoms with Crippen molar-refractivity contribution in [2.75, 3.05) is 17.6 Å². The Labute approximate surface area is 99.1 Å². The number of hydrogen-bond donors (Lipinski definition) is 3. The van der Waals surface area contributed by atoms with Gasteiger partial charge >= 0.3 is 0 Å². The van der Waals surface area contributed by atoms with Crippen LogP contribution in [0.2, 0.25) is 0 Å². The molecule has 2 aromatic rings. The topological polar surface area (TPSA) is 66.7 Å². The van der Waals surface area contributed by atoms with Crippen LogP contribution in [0.1, 0.15) is 11.4 Å². The fourth-order valence-corrected chi connectivity index (χ4v) is 1.66. The molecule has 1 heterocycles. The first-order valence-corrected chi connectivity index (χ1v) is 5.46. The second kappa shape index (κ2) is 4.86. The number of aromatic amines is 1. The average Bonchev–Trinajstić information content (AvgIpc) is 2.60. The summed E-state index contributed by atoms with van der Waals surface area (Å²) in [5.41, 5.74) is 6.38. The Morgan fingerprint density at radius 2 is 2.18 bits per heavy atom. The lowest BCUT2D eigenvalue weighted by molar-refractivity contribution is 0.610. The Hall–Kier alpha value is -2.04. The first kappa shape index (κ1) is 11.4. The molecule has 0 aliphatic heterocycles. The predicted molar refractivity (Wildman–Crippen MR) is 66.3 cm³/mol. The van der Waals surface area contributed by atoms with Crippen molar-refractivity contribution in [2.24, 2.45) is 0 Å². The molecule has 4 nitrogen and oxygen atoms in total. The number of rotatable bonds is 4. The number of halogens is 1. The van der Waals surface area contributed by atoms with Crippen molar-refractivity contribution < 1.29 is 4.39 Å². The van der Waals surface area contributed by atoms with Crippen LogP contribution in [-0.2, 0) is 6.42 Å². The standard InChI is InChI=1S/C12H15FN4/c1-8-16-11(14)12(17-8)15-7-6-9-4-2-3-5-10(9)13/h2-5,15H,6-7,14H2,1H3,(H,16,17). The Morgan fingerprint density at radius 3 is 2.82 bits per heavy atom. The van der Waals surface area contributed by atoms with Crippen molar-refractivity contribution in [1.82, 2.24) is 9.97 Å². The van der Waals surface area contributed by atoms with Gasteiger partial charge in [-0.3, -0.25) is 0 Å². The van der Waals surface area contributed by atoms with Crippen molar-refractivity contribution in [3.05, 3.63) is 41.5 Å². The predicted octanol–water partition coefficient (Wildman–Crippen LogP) is 2.09. The van der Waals surface area contributed by atoms with E-state index >= 15 is 0 Å². The molecule has 0 saturated carbocycles. The highest BCUT2D eigenvalue weighted by Gasteiger charge is 2.04. The van der Waals surface area contributed by atoms with E-state index in [2.05, 4.69) is 15.3 Å². The number of aromatic nitrogens is 2. The molecule has 0 amide bonds. The molecule has 90 valence electrons. The van der Waals surface area contributed by atoms with E-state index in [0.717, 1.165) is 5.82 Å². The minimum atomic E-state index is -0.180. The molecule has 1 aromatic carbocycles. The van der Waals surface area contributed by atoms with Crippen molar-refractivity contribution in [3.63, 3.8) is 0 Å². The van der Waals surface area contributed by atoms with Gasteiger partial charge in [0.05, 0.1) is 0 Å². The van der Waals surface area contributed by atoms with Gasteiger partial charge in [-0.1, -0.05) is 18.2 Å². The maximum atomic E-state index is 13.3. The molecular weight excluding hydrogens is 219 g/mol. The van der Waals surface area contributed by atoms with E-state index in [-0.39, 0.29) is 5.82 Å². The molecular formula is C12H15FN4. The number of benzene rings is 1. The molecule has 0 aliphatic rings. The van der Waals surface area contributed by atoms with Crippen LogP contribution in [-0.4, -0.2) is 16.5 Å². The summed E-state index contributed by atoms with van der Waals surface area (Å²) in [6, 6.07) is 6.74. The van der Waals surface area contributed by atoms with E-state index in [0.29, 0.717) is 30.2 Å². The number of H-pyrrole nitrogens is 1. The van der Waals surface area contributed by atoms with Crippen LogP contribution in [0, 0.1) is 12.7 Å². The van der Waals surface area contributed by atoms with Gasteiger partial charge in [0.2, 0.25) is 0 Å². The Kier molecular flexibility index (Phi) is 3.27. The lowest BCUT2D eigenvalue weighted by Gasteiger charge is -2.05. The van der Waals surface area contributed by atoms with E-state index in [1.807, 2.05) is 13.0 Å². The summed E-state index contributed by atoms with van der Waals surface area (Å²) in [4.78, 5) is 7.08. The quantitative estimate of drug-likeness (QED) is 0.759. The first-order chi connectivity index (χ1) is 8.16. The maximum absolute atomic E-state index is 13.3. The number of nitrogens with zero attached hydrogens (tertiary/aromatic N) is 1. The normalized spacial score (nSPS) is 10.5. The average molecular weight is 234 g/mol. The van der Waals surface area contributed by atoms with Gasteiger partial charge in [-0.05, 0) is 25.0 Å². The molecule has 0 saturated heterocycles. The first-order valence-electron chi connectivity index (χ1n) is 5.46. The minimum absolute atomic E-state index is 0.180. The van der Waals surface area contributed by atoms with E-state index in [9.17, 15) is 4.39 Å². The number of imidazole rings is 1. The molecule has 4 N–H and O–H groups in total. The summed E-state index contributed by atoms with van der Waals surface area (Å²) in [7, 11) is 0. The molecule has 0 radical (unpaired) electrons. The summed E-state index contributed by atoms with van der Waals surface area (Å²) < 4.78 is 13.3. The van der Waals surface area contributed by atoms with Gasteiger partial charge in [0.25, 0.3) is 0 Å². The van der Waals surface area contributed by atoms with Gasteiger partial charge in [0, 0.05) is 6.54 Å². The van der Waals surface area contributed by atoms with E-state index in [4.69, 9.17) is 5.73 Å². The molecule has 0 fully saturated rings. The van der Waals surface area contributed by atoms with E-state index < -0.39 is 0 Å². The molecule has 1 aromatic heterocycles. The number of aryl methyl sites for hydroxylation is 1. The van der Waals surface area contributed by atoms with Gasteiger partial charge in [0.1, 0.15) is 17.5 Å². The highest BCUT2D eigenvalue weighted by molar-refractivity contribution is 5.56. The van der Waals surface area contributed by atoms with Gasteiger partial charge in [-0.2, -0.15) is 0 Å².